The van der Waals surface area contributed by atoms with Crippen LogP contribution < -0.4 is 10.1 Å². The minimum absolute atomic E-state index is 0.327. The van der Waals surface area contributed by atoms with Crippen molar-refractivity contribution in [1.29, 1.82) is 0 Å². The average Bonchev–Trinajstić information content (AvgIpc) is 2.47. The molecule has 1 atom stereocenters. The molecule has 5 heteroatoms. The number of ether oxygens (including phenoxy) is 1. The monoisotopic (exact) mass is 290 g/mol. The number of methoxy groups -OCH3 is 1. The van der Waals surface area contributed by atoms with Gasteiger partial charge in [-0.1, -0.05) is 23.7 Å². The van der Waals surface area contributed by atoms with Crippen LogP contribution in [0.15, 0.2) is 47.5 Å². The quantitative estimate of drug-likeness (QED) is 0.675. The van der Waals surface area contributed by atoms with Gasteiger partial charge in [-0.15, -0.1) is 0 Å². The van der Waals surface area contributed by atoms with Gasteiger partial charge in [-0.05, 0) is 30.3 Å². The van der Waals surface area contributed by atoms with Crippen LogP contribution in [0.2, 0.25) is 0 Å². The molecule has 0 fully saturated rings. The van der Waals surface area contributed by atoms with Crippen molar-refractivity contribution in [3.05, 3.63) is 59.4 Å². The number of hydrogen-bond acceptors (Lipinski definition) is 3. The normalized spacial score (nSPS) is 16.9. The van der Waals surface area contributed by atoms with E-state index in [9.17, 15) is 4.39 Å². The van der Waals surface area contributed by atoms with E-state index in [2.05, 4.69) is 10.3 Å². The molecular formula is C15H12ClFN2O. The van der Waals surface area contributed by atoms with Crippen molar-refractivity contribution in [2.75, 3.05) is 7.11 Å². The van der Waals surface area contributed by atoms with Crippen molar-refractivity contribution >= 4 is 23.1 Å². The Bertz CT molecular complexity index is 687. The molecule has 20 heavy (non-hydrogen) atoms. The maximum absolute atomic E-state index is 13.3. The summed E-state index contributed by atoms with van der Waals surface area (Å²) in [5, 5.41) is 3.06. The van der Waals surface area contributed by atoms with E-state index in [1.54, 1.807) is 13.2 Å². The first kappa shape index (κ1) is 12.9. The highest BCUT2D eigenvalue weighted by Crippen LogP contribution is 2.34. The van der Waals surface area contributed by atoms with Crippen LogP contribution in [0.25, 0.3) is 0 Å². The number of halogens is 2. The van der Waals surface area contributed by atoms with E-state index in [4.69, 9.17) is 16.3 Å². The van der Waals surface area contributed by atoms with Crippen LogP contribution in [0.4, 0.5) is 10.1 Å². The Balaban J connectivity index is 2.10. The summed E-state index contributed by atoms with van der Waals surface area (Å²) in [6.07, 6.45) is 0. The fraction of sp³-hybridized carbons (Fsp3) is 0.133. The highest BCUT2D eigenvalue weighted by Gasteiger charge is 2.22. The minimum Gasteiger partial charge on any atom is -0.496 e. The van der Waals surface area contributed by atoms with Gasteiger partial charge in [0.15, 0.2) is 0 Å². The van der Waals surface area contributed by atoms with Gasteiger partial charge in [0.2, 0.25) is 0 Å². The van der Waals surface area contributed by atoms with Crippen LogP contribution in [0.3, 0.4) is 0 Å². The largest absolute Gasteiger partial charge is 0.496 e. The molecule has 0 aromatic heterocycles. The predicted molar refractivity (Wildman–Crippen MR) is 77.3 cm³/mol. The van der Waals surface area contributed by atoms with Crippen molar-refractivity contribution in [2.24, 2.45) is 4.99 Å². The lowest BCUT2D eigenvalue weighted by atomic mass is 10.1. The lowest BCUT2D eigenvalue weighted by molar-refractivity contribution is 0.413. The average molecular weight is 291 g/mol. The van der Waals surface area contributed by atoms with Crippen LogP contribution in [-0.4, -0.2) is 12.9 Å². The fourth-order valence-electron chi connectivity index (χ4n) is 2.16. The van der Waals surface area contributed by atoms with Crippen LogP contribution in [0.1, 0.15) is 16.6 Å². The van der Waals surface area contributed by atoms with E-state index >= 15 is 0 Å². The summed E-state index contributed by atoms with van der Waals surface area (Å²) >= 11 is 6.26. The van der Waals surface area contributed by atoms with Gasteiger partial charge in [-0.2, -0.15) is 0 Å². The van der Waals surface area contributed by atoms with Gasteiger partial charge in [0.1, 0.15) is 22.9 Å². The first-order chi connectivity index (χ1) is 9.69. The Morgan fingerprint density at radius 3 is 2.85 bits per heavy atom. The second-order valence-electron chi connectivity index (χ2n) is 4.37. The lowest BCUT2D eigenvalue weighted by Crippen LogP contribution is -2.29. The van der Waals surface area contributed by atoms with E-state index in [0.29, 0.717) is 22.8 Å². The Labute approximate surface area is 121 Å². The van der Waals surface area contributed by atoms with Gasteiger partial charge in [0, 0.05) is 5.56 Å². The summed E-state index contributed by atoms with van der Waals surface area (Å²) in [5.41, 5.74) is 1.57. The van der Waals surface area contributed by atoms with Gasteiger partial charge in [0.05, 0.1) is 18.4 Å². The molecule has 1 N–H and O–H groups in total. The number of fused-ring (bicyclic) bond motifs is 1. The standard InChI is InChI=1S/C15H12ClFN2O/c1-20-13-5-3-2-4-10(13)15-18-12-7-6-9(17)8-11(12)14(16)19-15/h2-8,14H,1H3,(H,18,19). The van der Waals surface area contributed by atoms with Crippen molar-refractivity contribution in [1.82, 2.24) is 5.32 Å². The number of amidine groups is 1. The van der Waals surface area contributed by atoms with E-state index in [0.717, 1.165) is 5.56 Å². The maximum atomic E-state index is 13.3. The third-order valence-electron chi connectivity index (χ3n) is 3.12. The maximum Gasteiger partial charge on any atom is 0.139 e. The summed E-state index contributed by atoms with van der Waals surface area (Å²) in [6.45, 7) is 0. The molecule has 3 rings (SSSR count). The highest BCUT2D eigenvalue weighted by atomic mass is 35.5. The Morgan fingerprint density at radius 2 is 2.05 bits per heavy atom. The predicted octanol–water partition coefficient (Wildman–Crippen LogP) is 3.75. The van der Waals surface area contributed by atoms with Crippen molar-refractivity contribution in [3.63, 3.8) is 0 Å². The van der Waals surface area contributed by atoms with Gasteiger partial charge in [-0.25, -0.2) is 9.38 Å². The molecule has 0 amide bonds. The Kier molecular flexibility index (Phi) is 3.32. The number of benzene rings is 2. The number of nitrogens with one attached hydrogen (secondary N) is 1. The van der Waals surface area contributed by atoms with Crippen molar-refractivity contribution in [3.8, 4) is 5.75 Å². The molecule has 0 radical (unpaired) electrons. The summed E-state index contributed by atoms with van der Waals surface area (Å²) in [5.74, 6) is 0.988. The van der Waals surface area contributed by atoms with Gasteiger partial charge < -0.3 is 10.1 Å². The second-order valence-corrected chi connectivity index (χ2v) is 4.81. The molecule has 0 saturated heterocycles. The second kappa shape index (κ2) is 5.13. The van der Waals surface area contributed by atoms with Crippen LogP contribution in [0, 0.1) is 5.82 Å². The highest BCUT2D eigenvalue weighted by molar-refractivity contribution is 6.23. The molecule has 2 aromatic carbocycles. The molecule has 0 aliphatic carbocycles. The molecule has 0 saturated carbocycles. The molecule has 102 valence electrons. The number of para-hydroxylation sites is 1. The molecule has 3 nitrogen and oxygen atoms in total. The zero-order valence-corrected chi connectivity index (χ0v) is 11.5. The van der Waals surface area contributed by atoms with Crippen LogP contribution in [-0.2, 0) is 0 Å². The number of nitrogens with zero attached hydrogens (tertiary/aromatic N) is 1. The van der Waals surface area contributed by atoms with Crippen molar-refractivity contribution in [2.45, 2.75) is 5.50 Å². The SMILES string of the molecule is COc1ccccc1C1=Nc2ccc(F)cc2C(Cl)N1. The molecule has 1 aliphatic heterocycles. The fourth-order valence-corrected chi connectivity index (χ4v) is 2.44. The smallest absolute Gasteiger partial charge is 0.139 e. The molecule has 0 bridgehead atoms. The van der Waals surface area contributed by atoms with E-state index < -0.39 is 5.50 Å². The van der Waals surface area contributed by atoms with Crippen LogP contribution in [0.5, 0.6) is 5.75 Å². The van der Waals surface area contributed by atoms with Crippen molar-refractivity contribution < 1.29 is 9.13 Å². The number of alkyl halides is 1. The minimum atomic E-state index is -0.530. The molecule has 1 aliphatic rings. The zero-order chi connectivity index (χ0) is 14.1. The van der Waals surface area contributed by atoms with Gasteiger partial charge in [-0.3, -0.25) is 0 Å². The third kappa shape index (κ3) is 2.23. The topological polar surface area (TPSA) is 33.6 Å². The van der Waals surface area contributed by atoms with Crippen LogP contribution >= 0.6 is 11.6 Å². The van der Waals surface area contributed by atoms with Gasteiger partial charge in [0.25, 0.3) is 0 Å². The summed E-state index contributed by atoms with van der Waals surface area (Å²) in [7, 11) is 1.60. The van der Waals surface area contributed by atoms with E-state index in [1.807, 2.05) is 24.3 Å². The summed E-state index contributed by atoms with van der Waals surface area (Å²) in [6, 6.07) is 11.9. The molecule has 1 unspecified atom stereocenters. The molecule has 2 aromatic rings. The molecule has 1 heterocycles. The number of aliphatic imine (C=N–C) groups is 1. The Hall–Kier alpha value is -2.07. The number of rotatable bonds is 2. The first-order valence-corrected chi connectivity index (χ1v) is 6.55. The van der Waals surface area contributed by atoms with E-state index in [-0.39, 0.29) is 5.82 Å². The summed E-state index contributed by atoms with van der Waals surface area (Å²) < 4.78 is 18.6. The zero-order valence-electron chi connectivity index (χ0n) is 10.7. The van der Waals surface area contributed by atoms with E-state index in [1.165, 1.54) is 12.1 Å². The number of hydrogen-bond donors (Lipinski definition) is 1. The Morgan fingerprint density at radius 1 is 1.25 bits per heavy atom. The third-order valence-corrected chi connectivity index (χ3v) is 3.46. The molecule has 0 spiro atoms. The summed E-state index contributed by atoms with van der Waals surface area (Å²) in [4.78, 5) is 4.49. The lowest BCUT2D eigenvalue weighted by Gasteiger charge is -2.23. The molecular weight excluding hydrogens is 279 g/mol. The first-order valence-electron chi connectivity index (χ1n) is 6.11. The van der Waals surface area contributed by atoms with Gasteiger partial charge >= 0.3 is 0 Å².